The van der Waals surface area contributed by atoms with E-state index >= 15 is 0 Å². The van der Waals surface area contributed by atoms with Gasteiger partial charge in [-0.15, -0.1) is 0 Å². The minimum atomic E-state index is 0.793. The van der Waals surface area contributed by atoms with E-state index < -0.39 is 0 Å². The van der Waals surface area contributed by atoms with Crippen molar-refractivity contribution in [3.63, 3.8) is 0 Å². The second-order valence-corrected chi connectivity index (χ2v) is 7.29. The first-order valence-electron chi connectivity index (χ1n) is 8.59. The zero-order valence-electron chi connectivity index (χ0n) is 13.7. The standard InChI is InChI=1S/C21H25N/c1-22(2)14-20-16-8-10-17(11-9-16)21(20)19-12-7-15-5-3-4-6-18(15)13-19/h3-7,12-13,16-17H,8-11,14H2,1-2H3. The predicted octanol–water partition coefficient (Wildman–Crippen LogP) is 4.98. The monoisotopic (exact) mass is 291 g/mol. The van der Waals surface area contributed by atoms with Gasteiger partial charge in [-0.1, -0.05) is 36.4 Å². The van der Waals surface area contributed by atoms with E-state index in [0.717, 1.165) is 18.4 Å². The Hall–Kier alpha value is -1.60. The maximum atomic E-state index is 2.42. The van der Waals surface area contributed by atoms with E-state index in [0.29, 0.717) is 0 Å². The van der Waals surface area contributed by atoms with E-state index in [1.54, 1.807) is 11.1 Å². The molecule has 0 saturated heterocycles. The van der Waals surface area contributed by atoms with Gasteiger partial charge in [-0.05, 0) is 85.2 Å². The highest BCUT2D eigenvalue weighted by Crippen LogP contribution is 2.49. The fourth-order valence-corrected chi connectivity index (χ4v) is 4.55. The second kappa shape index (κ2) is 5.55. The largest absolute Gasteiger partial charge is 0.305 e. The Morgan fingerprint density at radius 1 is 0.864 bits per heavy atom. The molecule has 2 aromatic carbocycles. The highest BCUT2D eigenvalue weighted by atomic mass is 15.1. The summed E-state index contributed by atoms with van der Waals surface area (Å²) in [7, 11) is 4.40. The normalized spacial score (nSPS) is 24.5. The molecule has 2 bridgehead atoms. The Labute approximate surface area is 133 Å². The first-order valence-corrected chi connectivity index (χ1v) is 8.59. The molecule has 0 heterocycles. The summed E-state index contributed by atoms with van der Waals surface area (Å²) in [5.41, 5.74) is 4.88. The summed E-state index contributed by atoms with van der Waals surface area (Å²) < 4.78 is 0. The summed E-state index contributed by atoms with van der Waals surface area (Å²) in [6, 6.07) is 15.8. The fraction of sp³-hybridized carbons (Fsp3) is 0.429. The van der Waals surface area contributed by atoms with Crippen LogP contribution >= 0.6 is 0 Å². The first-order chi connectivity index (χ1) is 10.7. The van der Waals surface area contributed by atoms with E-state index in [1.807, 2.05) is 0 Å². The molecule has 0 atom stereocenters. The molecule has 3 aliphatic carbocycles. The van der Waals surface area contributed by atoms with E-state index in [9.17, 15) is 0 Å². The van der Waals surface area contributed by atoms with Crippen molar-refractivity contribution in [2.45, 2.75) is 25.7 Å². The van der Waals surface area contributed by atoms with Crippen LogP contribution in [0.15, 0.2) is 48.0 Å². The second-order valence-electron chi connectivity index (χ2n) is 7.29. The molecular weight excluding hydrogens is 266 g/mol. The van der Waals surface area contributed by atoms with E-state index in [2.05, 4.69) is 61.5 Å². The van der Waals surface area contributed by atoms with Crippen molar-refractivity contribution in [1.82, 2.24) is 4.90 Å². The summed E-state index contributed by atoms with van der Waals surface area (Å²) in [6.07, 6.45) is 5.60. The van der Waals surface area contributed by atoms with Gasteiger partial charge in [0.1, 0.15) is 0 Å². The lowest BCUT2D eigenvalue weighted by atomic mass is 9.65. The molecule has 0 aliphatic heterocycles. The van der Waals surface area contributed by atoms with Crippen LogP contribution in [0.4, 0.5) is 0 Å². The molecule has 3 aliphatic rings. The van der Waals surface area contributed by atoms with Gasteiger partial charge in [0.15, 0.2) is 0 Å². The lowest BCUT2D eigenvalue weighted by Gasteiger charge is -2.41. The molecule has 1 saturated carbocycles. The lowest BCUT2D eigenvalue weighted by molar-refractivity contribution is 0.299. The molecule has 0 spiro atoms. The minimum absolute atomic E-state index is 0.793. The summed E-state index contributed by atoms with van der Waals surface area (Å²) in [6.45, 7) is 1.13. The molecule has 114 valence electrons. The van der Waals surface area contributed by atoms with Crippen LogP contribution in [0.5, 0.6) is 0 Å². The lowest BCUT2D eigenvalue weighted by Crippen LogP contribution is -2.31. The van der Waals surface area contributed by atoms with Gasteiger partial charge in [0.05, 0.1) is 0 Å². The zero-order valence-corrected chi connectivity index (χ0v) is 13.7. The molecule has 0 N–H and O–H groups in total. The number of rotatable bonds is 3. The number of nitrogens with zero attached hydrogens (tertiary/aromatic N) is 1. The molecular formula is C21H25N. The minimum Gasteiger partial charge on any atom is -0.305 e. The van der Waals surface area contributed by atoms with Gasteiger partial charge < -0.3 is 4.90 Å². The highest BCUT2D eigenvalue weighted by molar-refractivity contribution is 5.87. The van der Waals surface area contributed by atoms with Gasteiger partial charge in [-0.3, -0.25) is 0 Å². The number of hydrogen-bond donors (Lipinski definition) is 0. The van der Waals surface area contributed by atoms with Crippen LogP contribution in [0.1, 0.15) is 31.2 Å². The van der Waals surface area contributed by atoms with Crippen molar-refractivity contribution >= 4 is 16.3 Å². The summed E-state index contributed by atoms with van der Waals surface area (Å²) in [4.78, 5) is 2.34. The molecule has 0 aromatic heterocycles. The van der Waals surface area contributed by atoms with Gasteiger partial charge in [-0.25, -0.2) is 0 Å². The van der Waals surface area contributed by atoms with E-state index in [-0.39, 0.29) is 0 Å². The van der Waals surface area contributed by atoms with Crippen LogP contribution < -0.4 is 0 Å². The molecule has 0 unspecified atom stereocenters. The van der Waals surface area contributed by atoms with Crippen molar-refractivity contribution in [3.05, 3.63) is 53.6 Å². The summed E-state index contributed by atoms with van der Waals surface area (Å²) in [5, 5.41) is 2.72. The van der Waals surface area contributed by atoms with Crippen molar-refractivity contribution in [1.29, 1.82) is 0 Å². The zero-order chi connectivity index (χ0) is 15.1. The molecule has 2 aromatic rings. The Morgan fingerprint density at radius 2 is 1.55 bits per heavy atom. The number of benzene rings is 2. The van der Waals surface area contributed by atoms with Crippen molar-refractivity contribution in [3.8, 4) is 0 Å². The van der Waals surface area contributed by atoms with Gasteiger partial charge >= 0.3 is 0 Å². The van der Waals surface area contributed by atoms with Crippen LogP contribution in [-0.4, -0.2) is 25.5 Å². The predicted molar refractivity (Wildman–Crippen MR) is 94.9 cm³/mol. The fourth-order valence-electron chi connectivity index (χ4n) is 4.55. The van der Waals surface area contributed by atoms with Crippen molar-refractivity contribution < 1.29 is 0 Å². The molecule has 1 nitrogen and oxygen atoms in total. The van der Waals surface area contributed by atoms with Gasteiger partial charge in [0.2, 0.25) is 0 Å². The van der Waals surface area contributed by atoms with Gasteiger partial charge in [0.25, 0.3) is 0 Å². The average Bonchev–Trinajstić information content (AvgIpc) is 2.55. The Kier molecular flexibility index (Phi) is 3.54. The van der Waals surface area contributed by atoms with Crippen LogP contribution in [0.2, 0.25) is 0 Å². The Bertz CT molecular complexity index is 718. The summed E-state index contributed by atoms with van der Waals surface area (Å²) in [5.74, 6) is 1.62. The highest BCUT2D eigenvalue weighted by Gasteiger charge is 2.35. The number of hydrogen-bond acceptors (Lipinski definition) is 1. The van der Waals surface area contributed by atoms with Crippen molar-refractivity contribution in [2.24, 2.45) is 11.8 Å². The Balaban J connectivity index is 1.85. The topological polar surface area (TPSA) is 3.24 Å². The van der Waals surface area contributed by atoms with E-state index in [1.165, 1.54) is 42.0 Å². The smallest absolute Gasteiger partial charge is 0.0195 e. The number of likely N-dealkylation sites (N-methyl/N-ethyl adjacent to an activating group) is 1. The van der Waals surface area contributed by atoms with Crippen LogP contribution in [0.3, 0.4) is 0 Å². The summed E-state index contributed by atoms with van der Waals surface area (Å²) >= 11 is 0. The molecule has 0 amide bonds. The number of fused-ring (bicyclic) bond motifs is 3. The third kappa shape index (κ3) is 2.38. The van der Waals surface area contributed by atoms with Crippen molar-refractivity contribution in [2.75, 3.05) is 20.6 Å². The van der Waals surface area contributed by atoms with E-state index in [4.69, 9.17) is 0 Å². The maximum Gasteiger partial charge on any atom is 0.0195 e. The molecule has 1 heteroatoms. The van der Waals surface area contributed by atoms with Crippen LogP contribution in [0.25, 0.3) is 16.3 Å². The van der Waals surface area contributed by atoms with Crippen LogP contribution in [-0.2, 0) is 0 Å². The Morgan fingerprint density at radius 3 is 2.27 bits per heavy atom. The van der Waals surface area contributed by atoms with Gasteiger partial charge in [0, 0.05) is 6.54 Å². The van der Waals surface area contributed by atoms with Gasteiger partial charge in [-0.2, -0.15) is 0 Å². The molecule has 22 heavy (non-hydrogen) atoms. The maximum absolute atomic E-state index is 2.42. The molecule has 0 radical (unpaired) electrons. The average molecular weight is 291 g/mol. The third-order valence-corrected chi connectivity index (χ3v) is 5.52. The number of allylic oxidation sites excluding steroid dienone is 1. The quantitative estimate of drug-likeness (QED) is 0.771. The van der Waals surface area contributed by atoms with Crippen LogP contribution in [0, 0.1) is 11.8 Å². The molecule has 1 fully saturated rings. The SMILES string of the molecule is CN(C)CC1=C(c2ccc3ccccc3c2)C2CCC1CC2. The third-order valence-electron chi connectivity index (χ3n) is 5.52. The first kappa shape index (κ1) is 14.0. The molecule has 5 rings (SSSR count).